The molecule has 1 saturated heterocycles. The Kier molecular flexibility index (Phi) is 4.55. The lowest BCUT2D eigenvalue weighted by Crippen LogP contribution is -2.48. The molecule has 10 heteroatoms. The first-order valence-corrected chi connectivity index (χ1v) is 7.84. The van der Waals surface area contributed by atoms with E-state index >= 15 is 0 Å². The largest absolute Gasteiger partial charge is 0.433 e. The van der Waals surface area contributed by atoms with Gasteiger partial charge < -0.3 is 4.90 Å². The molecule has 0 saturated carbocycles. The van der Waals surface area contributed by atoms with Crippen LogP contribution in [0.4, 0.5) is 13.2 Å². The Morgan fingerprint density at radius 1 is 1.20 bits per heavy atom. The van der Waals surface area contributed by atoms with Gasteiger partial charge in [-0.2, -0.15) is 23.4 Å². The lowest BCUT2D eigenvalue weighted by Gasteiger charge is -2.34. The number of aryl methyl sites for hydroxylation is 2. The highest BCUT2D eigenvalue weighted by Crippen LogP contribution is 2.29. The molecule has 1 fully saturated rings. The van der Waals surface area contributed by atoms with Crippen molar-refractivity contribution in [1.82, 2.24) is 29.4 Å². The van der Waals surface area contributed by atoms with Gasteiger partial charge in [-0.25, -0.2) is 0 Å². The third-order valence-corrected chi connectivity index (χ3v) is 4.21. The van der Waals surface area contributed by atoms with Crippen molar-refractivity contribution in [2.75, 3.05) is 26.2 Å². The lowest BCUT2D eigenvalue weighted by atomic mass is 10.2. The van der Waals surface area contributed by atoms with Crippen molar-refractivity contribution in [2.45, 2.75) is 12.7 Å². The maximum absolute atomic E-state index is 12.8. The number of piperazine rings is 1. The second kappa shape index (κ2) is 6.51. The van der Waals surface area contributed by atoms with Crippen molar-refractivity contribution in [3.63, 3.8) is 0 Å². The number of hydrogen-bond donors (Lipinski definition) is 0. The molecule has 0 radical (unpaired) electrons. The number of hydrogen-bond acceptors (Lipinski definition) is 4. The monoisotopic (exact) mass is 356 g/mol. The zero-order valence-electron chi connectivity index (χ0n) is 14.0. The van der Waals surface area contributed by atoms with Crippen molar-refractivity contribution < 1.29 is 18.0 Å². The van der Waals surface area contributed by atoms with Gasteiger partial charge in [-0.05, 0) is 0 Å². The van der Waals surface area contributed by atoms with Gasteiger partial charge in [0.25, 0.3) is 5.91 Å². The Bertz CT molecular complexity index is 758. The molecule has 3 rings (SSSR count). The van der Waals surface area contributed by atoms with Gasteiger partial charge in [-0.3, -0.25) is 19.1 Å². The summed E-state index contributed by atoms with van der Waals surface area (Å²) in [5.41, 5.74) is -0.0107. The van der Waals surface area contributed by atoms with Crippen molar-refractivity contribution in [1.29, 1.82) is 0 Å². The molecule has 0 bridgehead atoms. The van der Waals surface area contributed by atoms with Crippen LogP contribution in [0.5, 0.6) is 0 Å². The molecule has 136 valence electrons. The van der Waals surface area contributed by atoms with Gasteiger partial charge in [0.1, 0.15) is 5.69 Å². The van der Waals surface area contributed by atoms with Crippen molar-refractivity contribution in [3.8, 4) is 0 Å². The van der Waals surface area contributed by atoms with Crippen LogP contribution in [0.2, 0.25) is 0 Å². The minimum absolute atomic E-state index is 0.171. The maximum atomic E-state index is 12.8. The van der Waals surface area contributed by atoms with Crippen molar-refractivity contribution in [2.24, 2.45) is 14.1 Å². The predicted octanol–water partition coefficient (Wildman–Crippen LogP) is 1.13. The molecule has 0 aliphatic carbocycles. The minimum atomic E-state index is -4.53. The highest BCUT2D eigenvalue weighted by Gasteiger charge is 2.36. The topological polar surface area (TPSA) is 59.2 Å². The summed E-state index contributed by atoms with van der Waals surface area (Å²) >= 11 is 0. The Morgan fingerprint density at radius 2 is 1.88 bits per heavy atom. The fraction of sp³-hybridized carbons (Fsp3) is 0.533. The van der Waals surface area contributed by atoms with Gasteiger partial charge in [0, 0.05) is 64.6 Å². The summed E-state index contributed by atoms with van der Waals surface area (Å²) in [6.45, 7) is 2.95. The molecule has 1 aliphatic rings. The Hall–Kier alpha value is -2.36. The number of carbonyl (C=O) groups is 1. The molecular formula is C15H19F3N6O. The average Bonchev–Trinajstić information content (AvgIpc) is 3.13. The van der Waals surface area contributed by atoms with Crippen LogP contribution in [0.15, 0.2) is 18.5 Å². The maximum Gasteiger partial charge on any atom is 0.433 e. The Morgan fingerprint density at radius 3 is 2.40 bits per heavy atom. The third kappa shape index (κ3) is 3.84. The van der Waals surface area contributed by atoms with E-state index < -0.39 is 17.8 Å². The molecule has 3 heterocycles. The minimum Gasteiger partial charge on any atom is -0.335 e. The van der Waals surface area contributed by atoms with Crippen LogP contribution >= 0.6 is 0 Å². The van der Waals surface area contributed by atoms with E-state index in [1.807, 2.05) is 13.2 Å². The Balaban J connectivity index is 1.60. The standard InChI is InChI=1S/C15H19F3N6O/c1-21-9-11(8-19-21)10-23-3-5-24(6-4-23)14(25)12-7-13(15(16,17)18)22(2)20-12/h7-9H,3-6,10H2,1-2H3. The van der Waals surface area contributed by atoms with E-state index in [9.17, 15) is 18.0 Å². The average molecular weight is 356 g/mol. The summed E-state index contributed by atoms with van der Waals surface area (Å²) in [6.07, 6.45) is -0.795. The van der Waals surface area contributed by atoms with Crippen LogP contribution in [0.25, 0.3) is 0 Å². The highest BCUT2D eigenvalue weighted by atomic mass is 19.4. The highest BCUT2D eigenvalue weighted by molar-refractivity contribution is 5.92. The first-order chi connectivity index (χ1) is 11.7. The van der Waals surface area contributed by atoms with Crippen LogP contribution < -0.4 is 0 Å². The summed E-state index contributed by atoms with van der Waals surface area (Å²) < 4.78 is 40.9. The fourth-order valence-electron chi connectivity index (χ4n) is 2.92. The lowest BCUT2D eigenvalue weighted by molar-refractivity contribution is -0.143. The van der Waals surface area contributed by atoms with Gasteiger partial charge in [0.05, 0.1) is 6.20 Å². The number of nitrogens with zero attached hydrogens (tertiary/aromatic N) is 6. The molecule has 0 unspecified atom stereocenters. The molecular weight excluding hydrogens is 337 g/mol. The normalized spacial score (nSPS) is 16.4. The number of aromatic nitrogens is 4. The molecule has 1 amide bonds. The zero-order valence-corrected chi connectivity index (χ0v) is 14.0. The summed E-state index contributed by atoms with van der Waals surface area (Å²) in [6, 6.07) is 0.810. The smallest absolute Gasteiger partial charge is 0.335 e. The van der Waals surface area contributed by atoms with Gasteiger partial charge in [-0.15, -0.1) is 0 Å². The van der Waals surface area contributed by atoms with Crippen LogP contribution in [0.3, 0.4) is 0 Å². The Labute approximate surface area is 142 Å². The molecule has 0 spiro atoms. The third-order valence-electron chi connectivity index (χ3n) is 4.21. The molecule has 2 aromatic rings. The molecule has 25 heavy (non-hydrogen) atoms. The molecule has 7 nitrogen and oxygen atoms in total. The van der Waals surface area contributed by atoms with E-state index in [1.165, 1.54) is 7.05 Å². The van der Waals surface area contributed by atoms with E-state index in [2.05, 4.69) is 15.1 Å². The SMILES string of the molecule is Cn1cc(CN2CCN(C(=O)c3cc(C(F)(F)F)n(C)n3)CC2)cn1. The van der Waals surface area contributed by atoms with Crippen LogP contribution in [0.1, 0.15) is 21.7 Å². The first kappa shape index (κ1) is 17.5. The molecule has 0 atom stereocenters. The molecule has 0 N–H and O–H groups in total. The number of amides is 1. The van der Waals surface area contributed by atoms with Gasteiger partial charge in [0.15, 0.2) is 5.69 Å². The number of carbonyl (C=O) groups excluding carboxylic acids is 1. The van der Waals surface area contributed by atoms with Gasteiger partial charge >= 0.3 is 6.18 Å². The van der Waals surface area contributed by atoms with Crippen molar-refractivity contribution >= 4 is 5.91 Å². The predicted molar refractivity (Wildman–Crippen MR) is 82.6 cm³/mol. The second-order valence-electron chi connectivity index (χ2n) is 6.13. The fourth-order valence-corrected chi connectivity index (χ4v) is 2.92. The second-order valence-corrected chi connectivity index (χ2v) is 6.13. The van der Waals surface area contributed by atoms with Crippen LogP contribution in [-0.4, -0.2) is 61.4 Å². The van der Waals surface area contributed by atoms with E-state index in [4.69, 9.17) is 0 Å². The quantitative estimate of drug-likeness (QED) is 0.827. The van der Waals surface area contributed by atoms with Crippen LogP contribution in [0, 0.1) is 0 Å². The molecule has 1 aliphatic heterocycles. The summed E-state index contributed by atoms with van der Waals surface area (Å²) in [7, 11) is 3.04. The summed E-state index contributed by atoms with van der Waals surface area (Å²) in [5.74, 6) is -0.466. The van der Waals surface area contributed by atoms with Crippen molar-refractivity contribution in [3.05, 3.63) is 35.4 Å². The number of rotatable bonds is 3. The number of alkyl halides is 3. The zero-order chi connectivity index (χ0) is 18.2. The van der Waals surface area contributed by atoms with Crippen LogP contribution in [-0.2, 0) is 26.8 Å². The van der Waals surface area contributed by atoms with E-state index in [1.54, 1.807) is 15.8 Å². The number of halogens is 3. The summed E-state index contributed by atoms with van der Waals surface area (Å²) in [5, 5.41) is 7.84. The van der Waals surface area contributed by atoms with E-state index in [0.717, 1.165) is 18.2 Å². The molecule has 0 aromatic carbocycles. The van der Waals surface area contributed by atoms with Gasteiger partial charge in [0.2, 0.25) is 0 Å². The summed E-state index contributed by atoms with van der Waals surface area (Å²) in [4.78, 5) is 16.1. The van der Waals surface area contributed by atoms with Gasteiger partial charge in [-0.1, -0.05) is 0 Å². The van der Waals surface area contributed by atoms with E-state index in [0.29, 0.717) is 30.9 Å². The van der Waals surface area contributed by atoms with E-state index in [-0.39, 0.29) is 5.69 Å². The first-order valence-electron chi connectivity index (χ1n) is 7.84. The molecule has 2 aromatic heterocycles.